The molecule has 0 aromatic heterocycles. The maximum absolute atomic E-state index is 9.59. The van der Waals surface area contributed by atoms with Crippen LogP contribution in [0.1, 0.15) is 13.3 Å². The maximum atomic E-state index is 9.59. The molecule has 4 nitrogen and oxygen atoms in total. The quantitative estimate of drug-likeness (QED) is 0.829. The summed E-state index contributed by atoms with van der Waals surface area (Å²) >= 11 is 0. The highest BCUT2D eigenvalue weighted by atomic mass is 16.5. The molecule has 1 N–H and O–H groups in total. The zero-order valence-electron chi connectivity index (χ0n) is 12.4. The third-order valence-corrected chi connectivity index (χ3v) is 4.18. The van der Waals surface area contributed by atoms with E-state index in [1.54, 1.807) is 7.11 Å². The van der Waals surface area contributed by atoms with Crippen LogP contribution in [0.15, 0.2) is 24.3 Å². The SMILES string of the molecule is CCN1CCC(C(CO)COc2ccc(OC)cc2)C1. The van der Waals surface area contributed by atoms with Gasteiger partial charge in [-0.2, -0.15) is 0 Å². The van der Waals surface area contributed by atoms with Crippen LogP contribution in [0, 0.1) is 11.8 Å². The minimum Gasteiger partial charge on any atom is -0.497 e. The molecule has 1 aliphatic rings. The molecule has 1 heterocycles. The number of rotatable bonds is 7. The highest BCUT2D eigenvalue weighted by molar-refractivity contribution is 5.31. The van der Waals surface area contributed by atoms with Crippen molar-refractivity contribution in [3.8, 4) is 11.5 Å². The Labute approximate surface area is 121 Å². The molecule has 2 atom stereocenters. The fourth-order valence-corrected chi connectivity index (χ4v) is 2.75. The smallest absolute Gasteiger partial charge is 0.119 e. The Balaban J connectivity index is 1.84. The Morgan fingerprint density at radius 2 is 2.00 bits per heavy atom. The van der Waals surface area contributed by atoms with Crippen LogP contribution in [-0.4, -0.2) is 50.0 Å². The fourth-order valence-electron chi connectivity index (χ4n) is 2.75. The van der Waals surface area contributed by atoms with E-state index in [1.165, 1.54) is 0 Å². The number of likely N-dealkylation sites (tertiary alicyclic amines) is 1. The minimum absolute atomic E-state index is 0.193. The highest BCUT2D eigenvalue weighted by Gasteiger charge is 2.28. The van der Waals surface area contributed by atoms with E-state index in [1.807, 2.05) is 24.3 Å². The van der Waals surface area contributed by atoms with Crippen LogP contribution in [0.5, 0.6) is 11.5 Å². The lowest BCUT2D eigenvalue weighted by Gasteiger charge is -2.22. The van der Waals surface area contributed by atoms with Crippen molar-refractivity contribution in [2.75, 3.05) is 40.0 Å². The van der Waals surface area contributed by atoms with E-state index < -0.39 is 0 Å². The molecule has 20 heavy (non-hydrogen) atoms. The Kier molecular flexibility index (Phi) is 5.68. The molecule has 1 saturated heterocycles. The largest absolute Gasteiger partial charge is 0.497 e. The van der Waals surface area contributed by atoms with Gasteiger partial charge in [-0.25, -0.2) is 0 Å². The van der Waals surface area contributed by atoms with Gasteiger partial charge in [-0.15, -0.1) is 0 Å². The molecule has 0 spiro atoms. The van der Waals surface area contributed by atoms with E-state index in [9.17, 15) is 5.11 Å². The summed E-state index contributed by atoms with van der Waals surface area (Å²) in [5.74, 6) is 2.41. The number of ether oxygens (including phenoxy) is 2. The fraction of sp³-hybridized carbons (Fsp3) is 0.625. The van der Waals surface area contributed by atoms with Crippen molar-refractivity contribution in [2.24, 2.45) is 11.8 Å². The van der Waals surface area contributed by atoms with Gasteiger partial charge in [-0.1, -0.05) is 6.92 Å². The van der Waals surface area contributed by atoms with Gasteiger partial charge in [0.15, 0.2) is 0 Å². The third-order valence-electron chi connectivity index (χ3n) is 4.18. The summed E-state index contributed by atoms with van der Waals surface area (Å²) in [7, 11) is 1.65. The predicted octanol–water partition coefficient (Wildman–Crippen LogP) is 2.02. The molecule has 1 aromatic carbocycles. The zero-order chi connectivity index (χ0) is 14.4. The van der Waals surface area contributed by atoms with Gasteiger partial charge in [0, 0.05) is 19.1 Å². The van der Waals surface area contributed by atoms with Crippen LogP contribution in [0.2, 0.25) is 0 Å². The molecule has 1 aromatic rings. The van der Waals surface area contributed by atoms with Crippen molar-refractivity contribution >= 4 is 0 Å². The normalized spacial score (nSPS) is 20.9. The van der Waals surface area contributed by atoms with Crippen molar-refractivity contribution in [1.82, 2.24) is 4.90 Å². The zero-order valence-corrected chi connectivity index (χ0v) is 12.4. The van der Waals surface area contributed by atoms with Gasteiger partial charge in [0.25, 0.3) is 0 Å². The summed E-state index contributed by atoms with van der Waals surface area (Å²) in [6.07, 6.45) is 1.16. The van der Waals surface area contributed by atoms with E-state index in [4.69, 9.17) is 9.47 Å². The van der Waals surface area contributed by atoms with Crippen molar-refractivity contribution in [2.45, 2.75) is 13.3 Å². The number of hydrogen-bond donors (Lipinski definition) is 1. The van der Waals surface area contributed by atoms with Crippen LogP contribution < -0.4 is 9.47 Å². The molecule has 0 amide bonds. The number of hydrogen-bond acceptors (Lipinski definition) is 4. The van der Waals surface area contributed by atoms with Crippen molar-refractivity contribution in [3.05, 3.63) is 24.3 Å². The van der Waals surface area contributed by atoms with Crippen LogP contribution in [0.4, 0.5) is 0 Å². The summed E-state index contributed by atoms with van der Waals surface area (Å²) < 4.78 is 10.9. The van der Waals surface area contributed by atoms with Crippen LogP contribution in [-0.2, 0) is 0 Å². The Bertz CT molecular complexity index is 393. The Hall–Kier alpha value is -1.26. The first-order valence-electron chi connectivity index (χ1n) is 7.36. The monoisotopic (exact) mass is 279 g/mol. The number of methoxy groups -OCH3 is 1. The van der Waals surface area contributed by atoms with Gasteiger partial charge >= 0.3 is 0 Å². The van der Waals surface area contributed by atoms with Crippen LogP contribution in [0.3, 0.4) is 0 Å². The minimum atomic E-state index is 0.193. The second-order valence-corrected chi connectivity index (χ2v) is 5.37. The second-order valence-electron chi connectivity index (χ2n) is 5.37. The molecule has 1 fully saturated rings. The molecule has 1 aliphatic heterocycles. The van der Waals surface area contributed by atoms with Gasteiger partial charge in [0.2, 0.25) is 0 Å². The first kappa shape index (κ1) is 15.1. The van der Waals surface area contributed by atoms with Gasteiger partial charge in [-0.3, -0.25) is 0 Å². The van der Waals surface area contributed by atoms with E-state index in [-0.39, 0.29) is 12.5 Å². The van der Waals surface area contributed by atoms with Crippen molar-refractivity contribution in [3.63, 3.8) is 0 Å². The average Bonchev–Trinajstić information content (AvgIpc) is 2.97. The van der Waals surface area contributed by atoms with Crippen LogP contribution in [0.25, 0.3) is 0 Å². The van der Waals surface area contributed by atoms with E-state index in [2.05, 4.69) is 11.8 Å². The number of benzene rings is 1. The number of aliphatic hydroxyl groups is 1. The highest BCUT2D eigenvalue weighted by Crippen LogP contribution is 2.25. The lowest BCUT2D eigenvalue weighted by Crippen LogP contribution is -2.28. The second kappa shape index (κ2) is 7.50. The van der Waals surface area contributed by atoms with Gasteiger partial charge in [0.1, 0.15) is 11.5 Å². The van der Waals surface area contributed by atoms with Crippen LogP contribution >= 0.6 is 0 Å². The van der Waals surface area contributed by atoms with E-state index in [0.717, 1.165) is 37.6 Å². The molecule has 0 aliphatic carbocycles. The first-order chi connectivity index (χ1) is 9.76. The van der Waals surface area contributed by atoms with Crippen molar-refractivity contribution in [1.29, 1.82) is 0 Å². The lowest BCUT2D eigenvalue weighted by atomic mass is 9.93. The molecule has 0 bridgehead atoms. The predicted molar refractivity (Wildman–Crippen MR) is 79.3 cm³/mol. The molecule has 0 saturated carbocycles. The Morgan fingerprint density at radius 3 is 2.55 bits per heavy atom. The molecular formula is C16H25NO3. The third kappa shape index (κ3) is 3.87. The summed E-state index contributed by atoms with van der Waals surface area (Å²) in [6, 6.07) is 7.58. The van der Waals surface area contributed by atoms with E-state index >= 15 is 0 Å². The van der Waals surface area contributed by atoms with Gasteiger partial charge in [-0.05, 0) is 49.7 Å². The Morgan fingerprint density at radius 1 is 1.30 bits per heavy atom. The summed E-state index contributed by atoms with van der Waals surface area (Å²) in [6.45, 7) is 6.26. The molecule has 2 rings (SSSR count). The lowest BCUT2D eigenvalue weighted by molar-refractivity contribution is 0.119. The molecule has 2 unspecified atom stereocenters. The number of aliphatic hydroxyl groups excluding tert-OH is 1. The van der Waals surface area contributed by atoms with Crippen molar-refractivity contribution < 1.29 is 14.6 Å². The van der Waals surface area contributed by atoms with E-state index in [0.29, 0.717) is 12.5 Å². The average molecular weight is 279 g/mol. The maximum Gasteiger partial charge on any atom is 0.119 e. The summed E-state index contributed by atoms with van der Waals surface area (Å²) in [5, 5.41) is 9.59. The summed E-state index contributed by atoms with van der Waals surface area (Å²) in [5.41, 5.74) is 0. The molecule has 112 valence electrons. The summed E-state index contributed by atoms with van der Waals surface area (Å²) in [4.78, 5) is 2.43. The molecular weight excluding hydrogens is 254 g/mol. The topological polar surface area (TPSA) is 41.9 Å². The molecule has 4 heteroatoms. The van der Waals surface area contributed by atoms with Gasteiger partial charge in [0.05, 0.1) is 13.7 Å². The molecule has 0 radical (unpaired) electrons. The standard InChI is InChI=1S/C16H25NO3/c1-3-17-9-8-13(10-17)14(11-18)12-20-16-6-4-15(19-2)5-7-16/h4-7,13-14,18H,3,8-12H2,1-2H3. The number of nitrogens with zero attached hydrogens (tertiary/aromatic N) is 1. The van der Waals surface area contributed by atoms with Gasteiger partial charge < -0.3 is 19.5 Å². The first-order valence-corrected chi connectivity index (χ1v) is 7.36.